The van der Waals surface area contributed by atoms with Gasteiger partial charge in [0.25, 0.3) is 0 Å². The number of aryl methyl sites for hydroxylation is 1. The first-order valence-corrected chi connectivity index (χ1v) is 8.05. The minimum atomic E-state index is -0.0776. The third-order valence-corrected chi connectivity index (χ3v) is 4.36. The van der Waals surface area contributed by atoms with Gasteiger partial charge in [-0.25, -0.2) is 4.79 Å². The maximum absolute atomic E-state index is 11.8. The molecule has 0 saturated carbocycles. The molecule has 1 aliphatic rings. The molecule has 0 unspecified atom stereocenters. The number of rotatable bonds is 5. The Morgan fingerprint density at radius 2 is 2.18 bits per heavy atom. The smallest absolute Gasteiger partial charge is 0.314 e. The van der Waals surface area contributed by atoms with E-state index in [0.717, 1.165) is 24.9 Å². The van der Waals surface area contributed by atoms with Crippen LogP contribution in [-0.2, 0) is 6.42 Å². The van der Waals surface area contributed by atoms with Crippen molar-refractivity contribution in [3.05, 3.63) is 35.5 Å². The zero-order chi connectivity index (χ0) is 15.4. The van der Waals surface area contributed by atoms with Gasteiger partial charge in [-0.3, -0.25) is 0 Å². The van der Waals surface area contributed by atoms with Crippen LogP contribution in [0.2, 0.25) is 0 Å². The van der Waals surface area contributed by atoms with E-state index in [4.69, 9.17) is 0 Å². The predicted molar refractivity (Wildman–Crippen MR) is 89.2 cm³/mol. The summed E-state index contributed by atoms with van der Waals surface area (Å²) in [6.07, 6.45) is 3.19. The molecule has 1 saturated heterocycles. The fourth-order valence-electron chi connectivity index (χ4n) is 3.17. The highest BCUT2D eigenvalue weighted by molar-refractivity contribution is 5.84. The lowest BCUT2D eigenvalue weighted by Crippen LogP contribution is -2.42. The van der Waals surface area contributed by atoms with Crippen LogP contribution in [0.5, 0.6) is 0 Å². The molecule has 0 spiro atoms. The first-order valence-electron chi connectivity index (χ1n) is 8.05. The summed E-state index contributed by atoms with van der Waals surface area (Å²) in [5.74, 6) is 0. The number of para-hydroxylation sites is 1. The molecule has 1 fully saturated rings. The minimum absolute atomic E-state index is 0.0776. The average molecular weight is 300 g/mol. The highest BCUT2D eigenvalue weighted by Crippen LogP contribution is 2.21. The van der Waals surface area contributed by atoms with Crippen LogP contribution in [0.25, 0.3) is 10.9 Å². The van der Waals surface area contributed by atoms with Gasteiger partial charge in [-0.2, -0.15) is 0 Å². The van der Waals surface area contributed by atoms with E-state index in [2.05, 4.69) is 40.0 Å². The molecule has 1 atom stereocenters. The van der Waals surface area contributed by atoms with Crippen molar-refractivity contribution in [3.8, 4) is 0 Å². The summed E-state index contributed by atoms with van der Waals surface area (Å²) in [6.45, 7) is 4.50. The molecule has 4 N–H and O–H groups in total. The molecule has 22 heavy (non-hydrogen) atoms. The number of aromatic nitrogens is 1. The Kier molecular flexibility index (Phi) is 4.63. The predicted octanol–water partition coefficient (Wildman–Crippen LogP) is 2.07. The molecule has 1 aromatic carbocycles. The highest BCUT2D eigenvalue weighted by atomic mass is 16.2. The summed E-state index contributed by atoms with van der Waals surface area (Å²) in [5.41, 5.74) is 3.62. The second kappa shape index (κ2) is 6.83. The van der Waals surface area contributed by atoms with Crippen molar-refractivity contribution in [3.63, 3.8) is 0 Å². The first kappa shape index (κ1) is 14.9. The van der Waals surface area contributed by atoms with Crippen molar-refractivity contribution >= 4 is 16.9 Å². The van der Waals surface area contributed by atoms with E-state index >= 15 is 0 Å². The van der Waals surface area contributed by atoms with Gasteiger partial charge in [0.1, 0.15) is 0 Å². The highest BCUT2D eigenvalue weighted by Gasteiger charge is 2.14. The van der Waals surface area contributed by atoms with Crippen LogP contribution in [0.3, 0.4) is 0 Å². The monoisotopic (exact) mass is 300 g/mol. The number of hydrogen-bond acceptors (Lipinski definition) is 2. The van der Waals surface area contributed by atoms with Crippen molar-refractivity contribution < 1.29 is 4.79 Å². The molecular weight excluding hydrogens is 276 g/mol. The molecule has 5 nitrogen and oxygen atoms in total. The topological polar surface area (TPSA) is 69.0 Å². The molecule has 3 rings (SSSR count). The van der Waals surface area contributed by atoms with Gasteiger partial charge in [0, 0.05) is 35.7 Å². The number of hydrogen-bond donors (Lipinski definition) is 4. The molecule has 1 aromatic heterocycles. The standard InChI is InChI=1S/C17H24N4O/c1-12-14(15-6-2-3-7-16(15)21-12)8-10-19-17(22)20-11-13-5-4-9-18-13/h2-3,6-7,13,18,21H,4-5,8-11H2,1H3,(H2,19,20,22)/t13-/m0/s1. The third kappa shape index (κ3) is 3.42. The summed E-state index contributed by atoms with van der Waals surface area (Å²) < 4.78 is 0. The Bertz CT molecular complexity index is 643. The van der Waals surface area contributed by atoms with Crippen LogP contribution in [0.15, 0.2) is 24.3 Å². The number of nitrogens with one attached hydrogen (secondary N) is 4. The quantitative estimate of drug-likeness (QED) is 0.683. The number of H-pyrrole nitrogens is 1. The van der Waals surface area contributed by atoms with E-state index < -0.39 is 0 Å². The van der Waals surface area contributed by atoms with E-state index in [-0.39, 0.29) is 6.03 Å². The van der Waals surface area contributed by atoms with E-state index in [1.807, 2.05) is 12.1 Å². The SMILES string of the molecule is Cc1[nH]c2ccccc2c1CCNC(=O)NC[C@@H]1CCCN1. The summed E-state index contributed by atoms with van der Waals surface area (Å²) in [7, 11) is 0. The Morgan fingerprint density at radius 3 is 3.00 bits per heavy atom. The van der Waals surface area contributed by atoms with Gasteiger partial charge in [-0.05, 0) is 44.4 Å². The number of carbonyl (C=O) groups excluding carboxylic acids is 1. The van der Waals surface area contributed by atoms with Crippen molar-refractivity contribution in [1.29, 1.82) is 0 Å². The maximum Gasteiger partial charge on any atom is 0.314 e. The summed E-state index contributed by atoms with van der Waals surface area (Å²) in [6, 6.07) is 8.65. The van der Waals surface area contributed by atoms with Crippen molar-refractivity contribution in [2.75, 3.05) is 19.6 Å². The normalized spacial score (nSPS) is 17.8. The molecule has 2 amide bonds. The number of amides is 2. The number of benzene rings is 1. The van der Waals surface area contributed by atoms with Crippen LogP contribution < -0.4 is 16.0 Å². The Labute approximate surface area is 130 Å². The summed E-state index contributed by atoms with van der Waals surface area (Å²) in [5, 5.41) is 10.5. The minimum Gasteiger partial charge on any atom is -0.358 e. The van der Waals surface area contributed by atoms with Gasteiger partial charge < -0.3 is 20.9 Å². The molecule has 118 valence electrons. The van der Waals surface area contributed by atoms with E-state index in [9.17, 15) is 4.79 Å². The van der Waals surface area contributed by atoms with E-state index in [1.165, 1.54) is 23.1 Å². The third-order valence-electron chi connectivity index (χ3n) is 4.36. The Morgan fingerprint density at radius 1 is 1.32 bits per heavy atom. The Balaban J connectivity index is 1.47. The van der Waals surface area contributed by atoms with Gasteiger partial charge in [0.2, 0.25) is 0 Å². The van der Waals surface area contributed by atoms with Gasteiger partial charge in [0.05, 0.1) is 0 Å². The fraction of sp³-hybridized carbons (Fsp3) is 0.471. The molecule has 0 bridgehead atoms. The van der Waals surface area contributed by atoms with Gasteiger partial charge in [0.15, 0.2) is 0 Å². The van der Waals surface area contributed by atoms with Crippen molar-refractivity contribution in [2.45, 2.75) is 32.2 Å². The first-order chi connectivity index (χ1) is 10.7. The molecule has 2 heterocycles. The zero-order valence-corrected chi connectivity index (χ0v) is 13.0. The van der Waals surface area contributed by atoms with E-state index in [0.29, 0.717) is 19.1 Å². The molecule has 0 aliphatic carbocycles. The molecule has 0 radical (unpaired) electrons. The summed E-state index contributed by atoms with van der Waals surface area (Å²) in [4.78, 5) is 15.2. The van der Waals surface area contributed by atoms with Crippen LogP contribution in [0, 0.1) is 6.92 Å². The zero-order valence-electron chi connectivity index (χ0n) is 13.0. The van der Waals surface area contributed by atoms with Crippen molar-refractivity contribution in [1.82, 2.24) is 20.9 Å². The molecule has 5 heteroatoms. The number of urea groups is 1. The van der Waals surface area contributed by atoms with Gasteiger partial charge in [-0.1, -0.05) is 18.2 Å². The van der Waals surface area contributed by atoms with Crippen LogP contribution >= 0.6 is 0 Å². The van der Waals surface area contributed by atoms with Crippen LogP contribution in [0.1, 0.15) is 24.1 Å². The average Bonchev–Trinajstić information content (AvgIpc) is 3.13. The largest absolute Gasteiger partial charge is 0.358 e. The second-order valence-electron chi connectivity index (χ2n) is 5.95. The number of fused-ring (bicyclic) bond motifs is 1. The number of carbonyl (C=O) groups is 1. The second-order valence-corrected chi connectivity index (χ2v) is 5.95. The summed E-state index contributed by atoms with van der Waals surface area (Å²) >= 11 is 0. The van der Waals surface area contributed by atoms with Gasteiger partial charge >= 0.3 is 6.03 Å². The van der Waals surface area contributed by atoms with Crippen LogP contribution in [-0.4, -0.2) is 36.7 Å². The maximum atomic E-state index is 11.8. The lowest BCUT2D eigenvalue weighted by molar-refractivity contribution is 0.240. The Hall–Kier alpha value is -2.01. The fourth-order valence-corrected chi connectivity index (χ4v) is 3.17. The molecule has 1 aliphatic heterocycles. The van der Waals surface area contributed by atoms with Gasteiger partial charge in [-0.15, -0.1) is 0 Å². The lowest BCUT2D eigenvalue weighted by atomic mass is 10.1. The van der Waals surface area contributed by atoms with E-state index in [1.54, 1.807) is 0 Å². The number of aromatic amines is 1. The molecule has 2 aromatic rings. The van der Waals surface area contributed by atoms with Crippen molar-refractivity contribution in [2.24, 2.45) is 0 Å². The lowest BCUT2D eigenvalue weighted by Gasteiger charge is -2.12. The van der Waals surface area contributed by atoms with Crippen LogP contribution in [0.4, 0.5) is 4.79 Å². The molecular formula is C17H24N4O.